The number of anilines is 2. The number of carbonyl (C=O) groups is 2. The minimum absolute atomic E-state index is 0.0779. The van der Waals surface area contributed by atoms with Gasteiger partial charge >= 0.3 is 0 Å². The number of nitrogens with one attached hydrogen (secondary N) is 1. The number of carbonyl (C=O) groups excluding carboxylic acids is 2. The quantitative estimate of drug-likeness (QED) is 0.505. The van der Waals surface area contributed by atoms with E-state index in [9.17, 15) is 9.59 Å². The lowest BCUT2D eigenvalue weighted by molar-refractivity contribution is -0.113. The largest absolute Gasteiger partial charge is 0.398 e. The third-order valence-electron chi connectivity index (χ3n) is 2.86. The Morgan fingerprint density at radius 2 is 1.76 bits per heavy atom. The van der Waals surface area contributed by atoms with Crippen molar-refractivity contribution in [1.82, 2.24) is 0 Å². The van der Waals surface area contributed by atoms with Crippen LogP contribution in [0.15, 0.2) is 53.4 Å². The van der Waals surface area contributed by atoms with Gasteiger partial charge in [0, 0.05) is 16.1 Å². The average Bonchev–Trinajstić information content (AvgIpc) is 2.47. The molecular formula is C16H16N2O2S. The maximum atomic E-state index is 12.0. The molecule has 0 saturated heterocycles. The number of rotatable bonds is 5. The molecule has 0 aliphatic heterocycles. The van der Waals surface area contributed by atoms with Crippen LogP contribution in [0, 0.1) is 0 Å². The monoisotopic (exact) mass is 300 g/mol. The van der Waals surface area contributed by atoms with E-state index in [4.69, 9.17) is 5.73 Å². The number of ketones is 1. The second kappa shape index (κ2) is 6.95. The minimum Gasteiger partial charge on any atom is -0.398 e. The lowest BCUT2D eigenvalue weighted by Gasteiger charge is -2.09. The normalized spacial score (nSPS) is 10.1. The Kier molecular flexibility index (Phi) is 5.00. The number of Topliss-reactive ketones (excluding diaryl/α,β-unsaturated/α-hetero) is 1. The van der Waals surface area contributed by atoms with E-state index in [1.165, 1.54) is 18.7 Å². The van der Waals surface area contributed by atoms with Gasteiger partial charge in [0.25, 0.3) is 0 Å². The highest BCUT2D eigenvalue weighted by Gasteiger charge is 2.10. The first-order valence-corrected chi connectivity index (χ1v) is 7.43. The Hall–Kier alpha value is -2.27. The Bertz CT molecular complexity index is 671. The Balaban J connectivity index is 2.00. The Labute approximate surface area is 127 Å². The van der Waals surface area contributed by atoms with Crippen molar-refractivity contribution in [3.05, 3.63) is 54.1 Å². The van der Waals surface area contributed by atoms with Crippen molar-refractivity contribution < 1.29 is 9.59 Å². The number of amides is 1. The number of nitrogen functional groups attached to an aromatic ring is 1. The first kappa shape index (κ1) is 15.1. The molecule has 2 aromatic rings. The van der Waals surface area contributed by atoms with Crippen LogP contribution >= 0.6 is 11.8 Å². The van der Waals surface area contributed by atoms with Crippen molar-refractivity contribution in [1.29, 1.82) is 0 Å². The number of benzene rings is 2. The van der Waals surface area contributed by atoms with Gasteiger partial charge in [-0.2, -0.15) is 0 Å². The first-order chi connectivity index (χ1) is 10.1. The Morgan fingerprint density at radius 3 is 2.48 bits per heavy atom. The van der Waals surface area contributed by atoms with E-state index in [0.717, 1.165) is 4.90 Å². The number of hydrogen-bond donors (Lipinski definition) is 2. The van der Waals surface area contributed by atoms with Crippen LogP contribution in [0.25, 0.3) is 0 Å². The highest BCUT2D eigenvalue weighted by Crippen LogP contribution is 2.24. The maximum absolute atomic E-state index is 12.0. The fourth-order valence-corrected chi connectivity index (χ4v) is 2.61. The molecule has 0 radical (unpaired) electrons. The molecule has 0 unspecified atom stereocenters. The van der Waals surface area contributed by atoms with Gasteiger partial charge in [-0.1, -0.05) is 24.3 Å². The number of thioether (sulfide) groups is 1. The predicted molar refractivity (Wildman–Crippen MR) is 86.7 cm³/mol. The molecule has 0 saturated carbocycles. The van der Waals surface area contributed by atoms with Crippen LogP contribution in [0.3, 0.4) is 0 Å². The number of nitrogens with two attached hydrogens (primary N) is 1. The minimum atomic E-state index is -0.169. The standard InChI is InChI=1S/C16H16N2O2S/c1-11(19)12-6-2-4-8-14(12)18-16(20)10-21-15-9-5-3-7-13(15)17/h2-9H,10,17H2,1H3,(H,18,20). The molecule has 0 aliphatic rings. The van der Waals surface area contributed by atoms with Gasteiger partial charge in [-0.15, -0.1) is 11.8 Å². The fourth-order valence-electron chi connectivity index (χ4n) is 1.84. The summed E-state index contributed by atoms with van der Waals surface area (Å²) in [5, 5.41) is 2.76. The number of para-hydroxylation sites is 2. The summed E-state index contributed by atoms with van der Waals surface area (Å²) in [5.74, 6) is -0.0108. The molecule has 2 rings (SSSR count). The molecule has 3 N–H and O–H groups in total. The van der Waals surface area contributed by atoms with Crippen molar-refractivity contribution in [2.75, 3.05) is 16.8 Å². The highest BCUT2D eigenvalue weighted by molar-refractivity contribution is 8.00. The predicted octanol–water partition coefficient (Wildman–Crippen LogP) is 3.20. The van der Waals surface area contributed by atoms with Gasteiger partial charge in [0.05, 0.1) is 11.4 Å². The molecule has 1 amide bonds. The van der Waals surface area contributed by atoms with Gasteiger partial charge in [-0.3, -0.25) is 9.59 Å². The van der Waals surface area contributed by atoms with Gasteiger partial charge in [0.1, 0.15) is 0 Å². The summed E-state index contributed by atoms with van der Waals surface area (Å²) in [6.07, 6.45) is 0. The summed E-state index contributed by atoms with van der Waals surface area (Å²) in [5.41, 5.74) is 7.53. The van der Waals surface area contributed by atoms with Crippen LogP contribution in [-0.2, 0) is 4.79 Å². The third kappa shape index (κ3) is 4.10. The van der Waals surface area contributed by atoms with E-state index in [2.05, 4.69) is 5.32 Å². The summed E-state index contributed by atoms with van der Waals surface area (Å²) in [6.45, 7) is 1.48. The molecule has 21 heavy (non-hydrogen) atoms. The summed E-state index contributed by atoms with van der Waals surface area (Å²) in [4.78, 5) is 24.4. The highest BCUT2D eigenvalue weighted by atomic mass is 32.2. The zero-order valence-electron chi connectivity index (χ0n) is 11.6. The van der Waals surface area contributed by atoms with E-state index in [-0.39, 0.29) is 17.4 Å². The molecule has 0 aromatic heterocycles. The third-order valence-corrected chi connectivity index (χ3v) is 3.95. The number of hydrogen-bond acceptors (Lipinski definition) is 4. The molecule has 0 heterocycles. The summed E-state index contributed by atoms with van der Waals surface area (Å²) < 4.78 is 0. The van der Waals surface area contributed by atoms with Crippen molar-refractivity contribution in [3.63, 3.8) is 0 Å². The van der Waals surface area contributed by atoms with E-state index >= 15 is 0 Å². The van der Waals surface area contributed by atoms with Crippen molar-refractivity contribution in [2.45, 2.75) is 11.8 Å². The zero-order chi connectivity index (χ0) is 15.2. The van der Waals surface area contributed by atoms with Crippen LogP contribution < -0.4 is 11.1 Å². The van der Waals surface area contributed by atoms with E-state index in [1.54, 1.807) is 30.3 Å². The average molecular weight is 300 g/mol. The molecule has 2 aromatic carbocycles. The molecule has 0 bridgehead atoms. The van der Waals surface area contributed by atoms with Crippen molar-refractivity contribution in [3.8, 4) is 0 Å². The van der Waals surface area contributed by atoms with Crippen molar-refractivity contribution >= 4 is 34.8 Å². The zero-order valence-corrected chi connectivity index (χ0v) is 12.4. The molecule has 4 nitrogen and oxygen atoms in total. The van der Waals surface area contributed by atoms with E-state index in [1.807, 2.05) is 18.2 Å². The molecule has 0 spiro atoms. The van der Waals surface area contributed by atoms with Gasteiger partial charge in [0.2, 0.25) is 5.91 Å². The smallest absolute Gasteiger partial charge is 0.234 e. The van der Waals surface area contributed by atoms with Crippen molar-refractivity contribution in [2.24, 2.45) is 0 Å². The SMILES string of the molecule is CC(=O)c1ccccc1NC(=O)CSc1ccccc1N. The second-order valence-corrected chi connectivity index (χ2v) is 5.49. The van der Waals surface area contributed by atoms with E-state index < -0.39 is 0 Å². The molecule has 0 aliphatic carbocycles. The summed E-state index contributed by atoms with van der Waals surface area (Å²) in [7, 11) is 0. The summed E-state index contributed by atoms with van der Waals surface area (Å²) >= 11 is 1.37. The molecule has 0 atom stereocenters. The lowest BCUT2D eigenvalue weighted by Crippen LogP contribution is -2.16. The van der Waals surface area contributed by atoms with Crippen LogP contribution in [-0.4, -0.2) is 17.4 Å². The first-order valence-electron chi connectivity index (χ1n) is 6.45. The molecular weight excluding hydrogens is 284 g/mol. The van der Waals surface area contributed by atoms with Crippen LogP contribution in [0.1, 0.15) is 17.3 Å². The van der Waals surface area contributed by atoms with Gasteiger partial charge in [0.15, 0.2) is 5.78 Å². The molecule has 5 heteroatoms. The topological polar surface area (TPSA) is 72.2 Å². The van der Waals surface area contributed by atoms with Crippen LogP contribution in [0.5, 0.6) is 0 Å². The van der Waals surface area contributed by atoms with Crippen LogP contribution in [0.4, 0.5) is 11.4 Å². The van der Waals surface area contributed by atoms with E-state index in [0.29, 0.717) is 16.9 Å². The van der Waals surface area contributed by atoms with Gasteiger partial charge < -0.3 is 11.1 Å². The lowest BCUT2D eigenvalue weighted by atomic mass is 10.1. The van der Waals surface area contributed by atoms with Crippen LogP contribution in [0.2, 0.25) is 0 Å². The van der Waals surface area contributed by atoms with Gasteiger partial charge in [-0.25, -0.2) is 0 Å². The second-order valence-electron chi connectivity index (χ2n) is 4.48. The van der Waals surface area contributed by atoms with Gasteiger partial charge in [-0.05, 0) is 31.2 Å². The fraction of sp³-hybridized carbons (Fsp3) is 0.125. The molecule has 0 fully saturated rings. The molecule has 108 valence electrons. The Morgan fingerprint density at radius 1 is 1.10 bits per heavy atom. The summed E-state index contributed by atoms with van der Waals surface area (Å²) in [6, 6.07) is 14.4. The maximum Gasteiger partial charge on any atom is 0.234 e.